The Morgan fingerprint density at radius 1 is 1.42 bits per heavy atom. The number of rotatable bonds is 2. The lowest BCUT2D eigenvalue weighted by Gasteiger charge is -2.52. The van der Waals surface area contributed by atoms with Gasteiger partial charge >= 0.3 is 0 Å². The molecule has 3 nitrogen and oxygen atoms in total. The number of benzene rings is 1. The monoisotopic (exact) mass is 257 g/mol. The predicted molar refractivity (Wildman–Crippen MR) is 79.3 cm³/mol. The van der Waals surface area contributed by atoms with E-state index < -0.39 is 0 Å². The number of likely N-dealkylation sites (N-methyl/N-ethyl adjacent to an activating group) is 1. The Bertz CT molecular complexity index is 487. The summed E-state index contributed by atoms with van der Waals surface area (Å²) in [4.78, 5) is 4.76. The van der Waals surface area contributed by atoms with Gasteiger partial charge in [0, 0.05) is 24.3 Å². The Hall–Kier alpha value is -1.53. The van der Waals surface area contributed by atoms with Crippen LogP contribution in [0, 0.1) is 18.3 Å². The number of hydrogen-bond donors (Lipinski definition) is 0. The number of aryl methyl sites for hydroxylation is 1. The fraction of sp³-hybridized carbons (Fsp3) is 0.562. The van der Waals surface area contributed by atoms with Crippen LogP contribution in [0.2, 0.25) is 0 Å². The molecule has 0 saturated carbocycles. The van der Waals surface area contributed by atoms with E-state index in [-0.39, 0.29) is 11.6 Å². The molecule has 0 aromatic heterocycles. The highest BCUT2D eigenvalue weighted by atomic mass is 15.3. The second kappa shape index (κ2) is 5.22. The van der Waals surface area contributed by atoms with E-state index >= 15 is 0 Å². The first-order valence-corrected chi connectivity index (χ1v) is 6.85. The van der Waals surface area contributed by atoms with Gasteiger partial charge in [0.15, 0.2) is 0 Å². The molecule has 1 atom stereocenters. The Morgan fingerprint density at radius 2 is 2.16 bits per heavy atom. The van der Waals surface area contributed by atoms with Crippen LogP contribution in [-0.2, 0) is 0 Å². The fourth-order valence-electron chi connectivity index (χ4n) is 3.34. The van der Waals surface area contributed by atoms with Crippen molar-refractivity contribution in [2.24, 2.45) is 0 Å². The van der Waals surface area contributed by atoms with E-state index in [1.165, 1.54) is 11.3 Å². The molecule has 0 aliphatic carbocycles. The molecule has 1 heterocycles. The third kappa shape index (κ3) is 2.90. The average Bonchev–Trinajstić information content (AvgIpc) is 2.26. The first kappa shape index (κ1) is 13.9. The number of nitrogens with zero attached hydrogens (tertiary/aromatic N) is 3. The maximum absolute atomic E-state index is 9.10. The van der Waals surface area contributed by atoms with Gasteiger partial charge in [0.05, 0.1) is 18.5 Å². The lowest BCUT2D eigenvalue weighted by atomic mass is 9.92. The molecule has 1 unspecified atom stereocenters. The molecule has 1 aromatic rings. The summed E-state index contributed by atoms with van der Waals surface area (Å²) >= 11 is 0. The quantitative estimate of drug-likeness (QED) is 0.816. The van der Waals surface area contributed by atoms with Crippen molar-refractivity contribution < 1.29 is 0 Å². The van der Waals surface area contributed by atoms with Crippen molar-refractivity contribution in [2.45, 2.75) is 38.8 Å². The van der Waals surface area contributed by atoms with Crippen molar-refractivity contribution in [2.75, 3.05) is 25.0 Å². The number of hydrogen-bond acceptors (Lipinski definition) is 3. The van der Waals surface area contributed by atoms with Crippen molar-refractivity contribution in [1.29, 1.82) is 5.26 Å². The number of anilines is 1. The first-order chi connectivity index (χ1) is 8.94. The molecule has 3 heteroatoms. The van der Waals surface area contributed by atoms with E-state index in [2.05, 4.69) is 68.0 Å². The maximum Gasteiger partial charge on any atom is 0.0643 e. The largest absolute Gasteiger partial charge is 0.360 e. The number of nitriles is 1. The Kier molecular flexibility index (Phi) is 3.82. The Morgan fingerprint density at radius 3 is 2.79 bits per heavy atom. The van der Waals surface area contributed by atoms with Crippen molar-refractivity contribution in [3.8, 4) is 6.07 Å². The third-order valence-electron chi connectivity index (χ3n) is 3.80. The SMILES string of the molecule is Cc1cccc(N2C(CC#N)CN(C)CC2(C)C)c1. The van der Waals surface area contributed by atoms with E-state index in [1.54, 1.807) is 0 Å². The zero-order valence-electron chi connectivity index (χ0n) is 12.3. The molecule has 0 N–H and O–H groups in total. The highest BCUT2D eigenvalue weighted by molar-refractivity contribution is 5.52. The summed E-state index contributed by atoms with van der Waals surface area (Å²) < 4.78 is 0. The predicted octanol–water partition coefficient (Wildman–Crippen LogP) is 2.81. The second-order valence-electron chi connectivity index (χ2n) is 6.23. The third-order valence-corrected chi connectivity index (χ3v) is 3.80. The molecule has 0 amide bonds. The zero-order chi connectivity index (χ0) is 14.0. The normalized spacial score (nSPS) is 23.1. The van der Waals surface area contributed by atoms with Gasteiger partial charge in [0.1, 0.15) is 0 Å². The minimum atomic E-state index is 0.0440. The minimum Gasteiger partial charge on any atom is -0.360 e. The summed E-state index contributed by atoms with van der Waals surface area (Å²) in [5.41, 5.74) is 2.55. The molecule has 0 radical (unpaired) electrons. The topological polar surface area (TPSA) is 30.3 Å². The summed E-state index contributed by atoms with van der Waals surface area (Å²) in [6, 6.07) is 11.2. The summed E-state index contributed by atoms with van der Waals surface area (Å²) in [6.07, 6.45) is 0.571. The van der Waals surface area contributed by atoms with Crippen molar-refractivity contribution in [1.82, 2.24) is 4.90 Å². The van der Waals surface area contributed by atoms with Gasteiger partial charge < -0.3 is 9.80 Å². The molecule has 2 rings (SSSR count). The second-order valence-corrected chi connectivity index (χ2v) is 6.23. The van der Waals surface area contributed by atoms with Crippen LogP contribution in [0.5, 0.6) is 0 Å². The number of piperazine rings is 1. The molecular weight excluding hydrogens is 234 g/mol. The van der Waals surface area contributed by atoms with E-state index in [4.69, 9.17) is 5.26 Å². The molecule has 1 saturated heterocycles. The van der Waals surface area contributed by atoms with Gasteiger partial charge in [-0.3, -0.25) is 0 Å². The van der Waals surface area contributed by atoms with Crippen LogP contribution in [0.25, 0.3) is 0 Å². The lowest BCUT2D eigenvalue weighted by Crippen LogP contribution is -2.63. The van der Waals surface area contributed by atoms with Gasteiger partial charge in [-0.15, -0.1) is 0 Å². The van der Waals surface area contributed by atoms with Crippen LogP contribution in [0.4, 0.5) is 5.69 Å². The van der Waals surface area contributed by atoms with Crippen LogP contribution in [0.3, 0.4) is 0 Å². The molecule has 19 heavy (non-hydrogen) atoms. The summed E-state index contributed by atoms with van der Waals surface area (Å²) in [7, 11) is 2.14. The van der Waals surface area contributed by atoms with Crippen LogP contribution in [-0.4, -0.2) is 36.6 Å². The van der Waals surface area contributed by atoms with Gasteiger partial charge in [-0.05, 0) is 45.5 Å². The molecule has 102 valence electrons. The Labute approximate surface area is 116 Å². The summed E-state index contributed by atoms with van der Waals surface area (Å²) in [5.74, 6) is 0. The smallest absolute Gasteiger partial charge is 0.0643 e. The van der Waals surface area contributed by atoms with Gasteiger partial charge in [-0.25, -0.2) is 0 Å². The van der Waals surface area contributed by atoms with Crippen LogP contribution in [0.15, 0.2) is 24.3 Å². The lowest BCUT2D eigenvalue weighted by molar-refractivity contribution is 0.181. The minimum absolute atomic E-state index is 0.0440. The molecule has 0 spiro atoms. The Balaban J connectivity index is 2.39. The fourth-order valence-corrected chi connectivity index (χ4v) is 3.34. The van der Waals surface area contributed by atoms with Crippen molar-refractivity contribution >= 4 is 5.69 Å². The van der Waals surface area contributed by atoms with Gasteiger partial charge in [-0.1, -0.05) is 12.1 Å². The van der Waals surface area contributed by atoms with Gasteiger partial charge in [0.25, 0.3) is 0 Å². The van der Waals surface area contributed by atoms with Crippen LogP contribution >= 0.6 is 0 Å². The molecule has 1 aliphatic heterocycles. The van der Waals surface area contributed by atoms with E-state index in [1.807, 2.05) is 0 Å². The van der Waals surface area contributed by atoms with Gasteiger partial charge in [-0.2, -0.15) is 5.26 Å². The van der Waals surface area contributed by atoms with E-state index in [0.717, 1.165) is 13.1 Å². The zero-order valence-corrected chi connectivity index (χ0v) is 12.3. The first-order valence-electron chi connectivity index (χ1n) is 6.85. The molecule has 1 fully saturated rings. The van der Waals surface area contributed by atoms with Crippen molar-refractivity contribution in [3.05, 3.63) is 29.8 Å². The summed E-state index contributed by atoms with van der Waals surface area (Å²) in [5, 5.41) is 9.10. The van der Waals surface area contributed by atoms with Crippen molar-refractivity contribution in [3.63, 3.8) is 0 Å². The van der Waals surface area contributed by atoms with Crippen LogP contribution < -0.4 is 4.90 Å². The average molecular weight is 257 g/mol. The molecular formula is C16H23N3. The highest BCUT2D eigenvalue weighted by Gasteiger charge is 2.38. The van der Waals surface area contributed by atoms with Gasteiger partial charge in [0.2, 0.25) is 0 Å². The molecule has 1 aromatic carbocycles. The van der Waals surface area contributed by atoms with Crippen LogP contribution in [0.1, 0.15) is 25.8 Å². The maximum atomic E-state index is 9.10. The van der Waals surface area contributed by atoms with E-state index in [9.17, 15) is 0 Å². The molecule has 0 bridgehead atoms. The standard InChI is InChI=1S/C16H23N3/c1-13-6-5-7-14(10-13)19-15(8-9-17)11-18(4)12-16(19,2)3/h5-7,10,15H,8,11-12H2,1-4H3. The molecule has 1 aliphatic rings. The van der Waals surface area contributed by atoms with E-state index in [0.29, 0.717) is 6.42 Å². The highest BCUT2D eigenvalue weighted by Crippen LogP contribution is 2.32. The summed E-state index contributed by atoms with van der Waals surface area (Å²) in [6.45, 7) is 8.60.